The van der Waals surface area contributed by atoms with Crippen LogP contribution in [0.25, 0.3) is 0 Å². The number of ether oxygens (including phenoxy) is 4. The van der Waals surface area contributed by atoms with Crippen LogP contribution >= 0.6 is 7.82 Å². The lowest BCUT2D eigenvalue weighted by Crippen LogP contribution is -2.69. The highest BCUT2D eigenvalue weighted by atomic mass is 31.2. The zero-order chi connectivity index (χ0) is 28.7. The highest BCUT2D eigenvalue weighted by Crippen LogP contribution is 2.43. The Hall–Kier alpha value is -0.490. The molecule has 2 aliphatic heterocycles. The first kappa shape index (κ1) is 32.0. The summed E-state index contributed by atoms with van der Waals surface area (Å²) < 4.78 is 37.4. The highest BCUT2D eigenvalue weighted by molar-refractivity contribution is 7.46. The third-order valence-electron chi connectivity index (χ3n) is 6.56. The number of phosphoric ester groups is 1. The van der Waals surface area contributed by atoms with E-state index in [1.807, 2.05) is 0 Å². The molecule has 1 saturated carbocycles. The Bertz CT molecular complexity index is 811. The van der Waals surface area contributed by atoms with Crippen LogP contribution in [0, 0.1) is 0 Å². The quantitative estimate of drug-likeness (QED) is 0.118. The lowest BCUT2D eigenvalue weighted by atomic mass is 9.84. The molecule has 2 saturated heterocycles. The van der Waals surface area contributed by atoms with Crippen molar-refractivity contribution in [3.05, 3.63) is 0 Å². The summed E-state index contributed by atoms with van der Waals surface area (Å²) in [6.45, 7) is -1.78. The van der Waals surface area contributed by atoms with Crippen molar-refractivity contribution in [3.63, 3.8) is 0 Å². The Kier molecular flexibility index (Phi) is 10.6. The van der Waals surface area contributed by atoms with Crippen LogP contribution < -0.4 is 0 Å². The molecule has 224 valence electrons. The summed E-state index contributed by atoms with van der Waals surface area (Å²) >= 11 is 0. The van der Waals surface area contributed by atoms with E-state index in [9.17, 15) is 70.5 Å². The first-order valence-electron chi connectivity index (χ1n) is 11.3. The maximum atomic E-state index is 11.6. The van der Waals surface area contributed by atoms with Crippen LogP contribution in [0.3, 0.4) is 0 Å². The molecule has 20 heteroatoms. The van der Waals surface area contributed by atoms with Gasteiger partial charge in [-0.1, -0.05) is 0 Å². The van der Waals surface area contributed by atoms with Gasteiger partial charge in [-0.2, -0.15) is 0 Å². The molecule has 38 heavy (non-hydrogen) atoms. The van der Waals surface area contributed by atoms with Gasteiger partial charge in [-0.15, -0.1) is 0 Å². The van der Waals surface area contributed by atoms with E-state index in [2.05, 4.69) is 4.52 Å². The van der Waals surface area contributed by atoms with Crippen LogP contribution in [0.1, 0.15) is 0 Å². The van der Waals surface area contributed by atoms with Crippen molar-refractivity contribution in [1.29, 1.82) is 0 Å². The first-order valence-corrected chi connectivity index (χ1v) is 12.9. The molecule has 0 aromatic heterocycles. The van der Waals surface area contributed by atoms with Gasteiger partial charge in [0.15, 0.2) is 12.6 Å². The van der Waals surface area contributed by atoms with E-state index < -0.39 is 119 Å². The number of phosphoric acid groups is 1. The summed E-state index contributed by atoms with van der Waals surface area (Å²) in [5.41, 5.74) is 0. The molecule has 19 nitrogen and oxygen atoms in total. The molecule has 2 heterocycles. The van der Waals surface area contributed by atoms with Crippen LogP contribution in [-0.4, -0.2) is 177 Å². The summed E-state index contributed by atoms with van der Waals surface area (Å²) in [4.78, 5) is 18.7. The van der Waals surface area contributed by atoms with Gasteiger partial charge in [0.1, 0.15) is 85.5 Å². The smallest absolute Gasteiger partial charge is 0.394 e. The molecule has 16 atom stereocenters. The second-order valence-electron chi connectivity index (χ2n) is 9.13. The monoisotopic (exact) mass is 584 g/mol. The summed E-state index contributed by atoms with van der Waals surface area (Å²) in [6.07, 6.45) is -32.0. The Morgan fingerprint density at radius 3 is 1.29 bits per heavy atom. The molecule has 0 aromatic carbocycles. The summed E-state index contributed by atoms with van der Waals surface area (Å²) in [5, 5.41) is 111. The minimum atomic E-state index is -5.49. The minimum Gasteiger partial charge on any atom is -0.394 e. The van der Waals surface area contributed by atoms with Crippen molar-refractivity contribution in [3.8, 4) is 0 Å². The SMILES string of the molecule is O=P(O)(O)OC1C(O)C(O)C(O)C(OC2O[C@H](CO)[C@@H](O)[C@H](O)[C@@H]2O)C1OC1O[C@H](CO)[C@@H](O)[C@H](O)[C@@H]1O. The van der Waals surface area contributed by atoms with Crippen LogP contribution in [0.4, 0.5) is 0 Å². The van der Waals surface area contributed by atoms with Gasteiger partial charge in [-0.3, -0.25) is 4.52 Å². The van der Waals surface area contributed by atoms with Gasteiger partial charge in [0, 0.05) is 0 Å². The molecule has 1 aliphatic carbocycles. The van der Waals surface area contributed by atoms with Crippen molar-refractivity contribution in [1.82, 2.24) is 0 Å². The fraction of sp³-hybridized carbons (Fsp3) is 1.00. The number of hydrogen-bond acceptors (Lipinski definition) is 17. The largest absolute Gasteiger partial charge is 0.470 e. The van der Waals surface area contributed by atoms with Gasteiger partial charge in [0.2, 0.25) is 0 Å². The van der Waals surface area contributed by atoms with E-state index >= 15 is 0 Å². The molecule has 0 bridgehead atoms. The molecule has 0 spiro atoms. The normalized spacial score (nSPS) is 50.7. The van der Waals surface area contributed by atoms with Gasteiger partial charge in [-0.05, 0) is 0 Å². The van der Waals surface area contributed by atoms with Crippen molar-refractivity contribution in [2.45, 2.75) is 98.0 Å². The third-order valence-corrected chi connectivity index (χ3v) is 7.08. The lowest BCUT2D eigenvalue weighted by molar-refractivity contribution is -0.367. The van der Waals surface area contributed by atoms with Crippen LogP contribution in [-0.2, 0) is 28.0 Å². The Morgan fingerprint density at radius 2 is 0.895 bits per heavy atom. The number of aliphatic hydroxyl groups is 11. The zero-order valence-electron chi connectivity index (χ0n) is 19.4. The molecule has 3 fully saturated rings. The number of aliphatic hydroxyl groups excluding tert-OH is 11. The fourth-order valence-electron chi connectivity index (χ4n) is 4.43. The van der Waals surface area contributed by atoms with Gasteiger partial charge in [0.25, 0.3) is 0 Å². The van der Waals surface area contributed by atoms with Crippen LogP contribution in [0.5, 0.6) is 0 Å². The Balaban J connectivity index is 1.97. The molecule has 8 unspecified atom stereocenters. The Labute approximate surface area is 213 Å². The van der Waals surface area contributed by atoms with Gasteiger partial charge in [-0.25, -0.2) is 4.57 Å². The summed E-state index contributed by atoms with van der Waals surface area (Å²) in [6, 6.07) is 0. The van der Waals surface area contributed by atoms with E-state index in [0.717, 1.165) is 0 Å². The van der Waals surface area contributed by atoms with Crippen molar-refractivity contribution in [2.24, 2.45) is 0 Å². The van der Waals surface area contributed by atoms with Crippen molar-refractivity contribution < 1.29 is 94.0 Å². The molecule has 3 rings (SSSR count). The molecule has 0 amide bonds. The van der Waals surface area contributed by atoms with Gasteiger partial charge in [0.05, 0.1) is 13.2 Å². The zero-order valence-corrected chi connectivity index (χ0v) is 20.3. The highest BCUT2D eigenvalue weighted by Gasteiger charge is 2.57. The lowest BCUT2D eigenvalue weighted by Gasteiger charge is -2.49. The molecule has 3 aliphatic rings. The van der Waals surface area contributed by atoms with Crippen LogP contribution in [0.15, 0.2) is 0 Å². The maximum absolute atomic E-state index is 11.6. The molecular formula is C18H33O19P. The number of rotatable bonds is 8. The molecule has 13 N–H and O–H groups in total. The van der Waals surface area contributed by atoms with Gasteiger partial charge >= 0.3 is 7.82 Å². The van der Waals surface area contributed by atoms with Crippen molar-refractivity contribution >= 4 is 7.82 Å². The van der Waals surface area contributed by atoms with E-state index in [-0.39, 0.29) is 0 Å². The molecular weight excluding hydrogens is 551 g/mol. The number of hydrogen-bond donors (Lipinski definition) is 13. The summed E-state index contributed by atoms with van der Waals surface area (Å²) in [5.74, 6) is 0. The fourth-order valence-corrected chi connectivity index (χ4v) is 4.99. The minimum absolute atomic E-state index is 0.881. The first-order chi connectivity index (χ1) is 17.6. The topological polar surface area (TPSA) is 326 Å². The Morgan fingerprint density at radius 1 is 0.526 bits per heavy atom. The standard InChI is InChI=1S/C18H33O19P/c19-1-3-5(21)7(23)12(28)17(33-3)35-14-10(26)9(25)11(27)15(37-38(30,31)32)16(14)36-18-13(29)8(24)6(22)4(2-20)34-18/h3-29H,1-2H2,(H2,30,31,32)/t3-,4-,5-,6-,7+,8+,9?,10?,11?,12+,13+,14?,15?,16?,17?,18?/m1/s1. The predicted molar refractivity (Wildman–Crippen MR) is 112 cm³/mol. The van der Waals surface area contributed by atoms with Crippen molar-refractivity contribution in [2.75, 3.05) is 13.2 Å². The summed E-state index contributed by atoms with van der Waals surface area (Å²) in [7, 11) is -5.49. The van der Waals surface area contributed by atoms with E-state index in [0.29, 0.717) is 0 Å². The van der Waals surface area contributed by atoms with E-state index in [4.69, 9.17) is 18.9 Å². The second kappa shape index (κ2) is 12.6. The molecule has 0 aromatic rings. The second-order valence-corrected chi connectivity index (χ2v) is 10.3. The molecule has 0 radical (unpaired) electrons. The average molecular weight is 584 g/mol. The van der Waals surface area contributed by atoms with Gasteiger partial charge < -0.3 is 84.9 Å². The predicted octanol–water partition coefficient (Wildman–Crippen LogP) is -8.07. The van der Waals surface area contributed by atoms with E-state index in [1.54, 1.807) is 0 Å². The van der Waals surface area contributed by atoms with E-state index in [1.165, 1.54) is 0 Å². The van der Waals surface area contributed by atoms with Crippen LogP contribution in [0.2, 0.25) is 0 Å². The average Bonchev–Trinajstić information content (AvgIpc) is 2.86. The maximum Gasteiger partial charge on any atom is 0.470 e. The third kappa shape index (κ3) is 6.52.